The van der Waals surface area contributed by atoms with Crippen molar-refractivity contribution >= 4 is 11.9 Å². The zero-order valence-corrected chi connectivity index (χ0v) is 9.19. The highest BCUT2D eigenvalue weighted by molar-refractivity contribution is 5.91. The van der Waals surface area contributed by atoms with Gasteiger partial charge < -0.3 is 15.0 Å². The zero-order chi connectivity index (χ0) is 11.4. The fourth-order valence-electron chi connectivity index (χ4n) is 1.82. The number of carbonyl (C=O) groups is 1. The van der Waals surface area contributed by atoms with Gasteiger partial charge in [-0.3, -0.25) is 10.1 Å². The van der Waals surface area contributed by atoms with E-state index in [2.05, 4.69) is 20.6 Å². The van der Waals surface area contributed by atoms with Gasteiger partial charge in [0, 0.05) is 18.4 Å². The quantitative estimate of drug-likeness (QED) is 0.671. The summed E-state index contributed by atoms with van der Waals surface area (Å²) in [5.74, 6) is 0.274. The molecule has 88 valence electrons. The smallest absolute Gasteiger partial charge is 0.233 e. The Labute approximate surface area is 93.8 Å². The van der Waals surface area contributed by atoms with E-state index in [0.29, 0.717) is 19.2 Å². The molecule has 6 nitrogen and oxygen atoms in total. The van der Waals surface area contributed by atoms with Crippen LogP contribution in [0.3, 0.4) is 0 Å². The average Bonchev–Trinajstić information content (AvgIpc) is 2.89. The Morgan fingerprint density at radius 2 is 2.56 bits per heavy atom. The van der Waals surface area contributed by atoms with Crippen molar-refractivity contribution in [2.24, 2.45) is 5.92 Å². The predicted molar refractivity (Wildman–Crippen MR) is 59.0 cm³/mol. The van der Waals surface area contributed by atoms with Crippen LogP contribution in [-0.2, 0) is 9.53 Å². The van der Waals surface area contributed by atoms with E-state index < -0.39 is 0 Å². The first kappa shape index (κ1) is 11.1. The van der Waals surface area contributed by atoms with Crippen LogP contribution in [0.15, 0.2) is 12.4 Å². The monoisotopic (exact) mass is 224 g/mol. The van der Waals surface area contributed by atoms with Crippen LogP contribution in [0.2, 0.25) is 0 Å². The minimum absolute atomic E-state index is 0.0570. The SMILES string of the molecule is CCNC1COCC1C(=O)Nc1ncc[nH]1. The normalized spacial score (nSPS) is 24.6. The Balaban J connectivity index is 1.93. The Kier molecular flexibility index (Phi) is 3.53. The van der Waals surface area contributed by atoms with Crippen molar-refractivity contribution in [3.8, 4) is 0 Å². The number of ether oxygens (including phenoxy) is 1. The van der Waals surface area contributed by atoms with Crippen molar-refractivity contribution in [3.05, 3.63) is 12.4 Å². The van der Waals surface area contributed by atoms with Crippen molar-refractivity contribution in [2.75, 3.05) is 25.1 Å². The van der Waals surface area contributed by atoms with E-state index in [4.69, 9.17) is 4.74 Å². The molecular formula is C10H16N4O2. The second kappa shape index (κ2) is 5.09. The number of nitrogens with zero attached hydrogens (tertiary/aromatic N) is 1. The van der Waals surface area contributed by atoms with Gasteiger partial charge in [-0.1, -0.05) is 6.92 Å². The molecule has 2 atom stereocenters. The molecule has 2 heterocycles. The van der Waals surface area contributed by atoms with Crippen LogP contribution in [0.1, 0.15) is 6.92 Å². The average molecular weight is 224 g/mol. The van der Waals surface area contributed by atoms with E-state index >= 15 is 0 Å². The van der Waals surface area contributed by atoms with Crippen LogP contribution in [0.4, 0.5) is 5.95 Å². The Bertz CT molecular complexity index is 339. The molecule has 1 fully saturated rings. The fourth-order valence-corrected chi connectivity index (χ4v) is 1.82. The molecule has 1 aromatic heterocycles. The van der Waals surface area contributed by atoms with E-state index in [0.717, 1.165) is 6.54 Å². The topological polar surface area (TPSA) is 79.0 Å². The van der Waals surface area contributed by atoms with Gasteiger partial charge in [0.2, 0.25) is 11.9 Å². The second-order valence-electron chi connectivity index (χ2n) is 3.74. The number of aromatic nitrogens is 2. The second-order valence-corrected chi connectivity index (χ2v) is 3.74. The summed E-state index contributed by atoms with van der Waals surface area (Å²) in [5.41, 5.74) is 0. The van der Waals surface area contributed by atoms with Crippen molar-refractivity contribution in [2.45, 2.75) is 13.0 Å². The van der Waals surface area contributed by atoms with Crippen LogP contribution >= 0.6 is 0 Å². The Hall–Kier alpha value is -1.40. The molecule has 6 heteroatoms. The number of carbonyl (C=O) groups excluding carboxylic acids is 1. The highest BCUT2D eigenvalue weighted by Crippen LogP contribution is 2.15. The van der Waals surface area contributed by atoms with Gasteiger partial charge in [-0.05, 0) is 6.54 Å². The molecule has 0 spiro atoms. The summed E-state index contributed by atoms with van der Waals surface area (Å²) < 4.78 is 5.31. The molecule has 16 heavy (non-hydrogen) atoms. The van der Waals surface area contributed by atoms with Gasteiger partial charge in [-0.25, -0.2) is 4.98 Å². The van der Waals surface area contributed by atoms with Gasteiger partial charge in [0.15, 0.2) is 0 Å². The third kappa shape index (κ3) is 2.40. The number of nitrogens with one attached hydrogen (secondary N) is 3. The van der Waals surface area contributed by atoms with Gasteiger partial charge in [0.25, 0.3) is 0 Å². The summed E-state index contributed by atoms with van der Waals surface area (Å²) in [4.78, 5) is 18.7. The molecule has 2 rings (SSSR count). The van der Waals surface area contributed by atoms with Crippen molar-refractivity contribution in [3.63, 3.8) is 0 Å². The van der Waals surface area contributed by atoms with E-state index in [1.807, 2.05) is 6.92 Å². The third-order valence-electron chi connectivity index (χ3n) is 2.62. The van der Waals surface area contributed by atoms with Crippen LogP contribution in [0.25, 0.3) is 0 Å². The number of likely N-dealkylation sites (N-methyl/N-ethyl adjacent to an activating group) is 1. The molecule has 1 saturated heterocycles. The largest absolute Gasteiger partial charge is 0.379 e. The molecule has 0 aliphatic carbocycles. The summed E-state index contributed by atoms with van der Waals surface area (Å²) in [6, 6.07) is 0.0972. The van der Waals surface area contributed by atoms with Gasteiger partial charge in [-0.15, -0.1) is 0 Å². The lowest BCUT2D eigenvalue weighted by molar-refractivity contribution is -0.120. The number of hydrogen-bond donors (Lipinski definition) is 3. The standard InChI is InChI=1S/C10H16N4O2/c1-2-11-8-6-16-5-7(8)9(15)14-10-12-3-4-13-10/h3-4,7-8,11H,2,5-6H2,1H3,(H2,12,13,14,15). The lowest BCUT2D eigenvalue weighted by Gasteiger charge is -2.16. The fraction of sp³-hybridized carbons (Fsp3) is 0.600. The first-order valence-corrected chi connectivity index (χ1v) is 5.42. The number of rotatable bonds is 4. The zero-order valence-electron chi connectivity index (χ0n) is 9.19. The maximum atomic E-state index is 11.9. The van der Waals surface area contributed by atoms with Crippen molar-refractivity contribution < 1.29 is 9.53 Å². The van der Waals surface area contributed by atoms with E-state index in [-0.39, 0.29) is 17.9 Å². The van der Waals surface area contributed by atoms with Crippen LogP contribution in [0, 0.1) is 5.92 Å². The maximum Gasteiger partial charge on any atom is 0.233 e. The van der Waals surface area contributed by atoms with Gasteiger partial charge in [-0.2, -0.15) is 0 Å². The first-order chi connectivity index (χ1) is 7.81. The lowest BCUT2D eigenvalue weighted by atomic mass is 10.0. The molecule has 1 aliphatic heterocycles. The summed E-state index contributed by atoms with van der Waals surface area (Å²) >= 11 is 0. The van der Waals surface area contributed by atoms with Crippen LogP contribution in [0.5, 0.6) is 0 Å². The molecule has 1 amide bonds. The molecule has 0 bridgehead atoms. The molecular weight excluding hydrogens is 208 g/mol. The van der Waals surface area contributed by atoms with Crippen LogP contribution < -0.4 is 10.6 Å². The van der Waals surface area contributed by atoms with Gasteiger partial charge in [0.05, 0.1) is 19.1 Å². The van der Waals surface area contributed by atoms with E-state index in [1.165, 1.54) is 0 Å². The maximum absolute atomic E-state index is 11.9. The number of H-pyrrole nitrogens is 1. The molecule has 0 aromatic carbocycles. The molecule has 0 radical (unpaired) electrons. The van der Waals surface area contributed by atoms with Gasteiger partial charge in [0.1, 0.15) is 0 Å². The number of anilines is 1. The number of aromatic amines is 1. The molecule has 1 aromatic rings. The molecule has 3 N–H and O–H groups in total. The minimum atomic E-state index is -0.148. The third-order valence-corrected chi connectivity index (χ3v) is 2.62. The first-order valence-electron chi connectivity index (χ1n) is 5.42. The summed E-state index contributed by atoms with van der Waals surface area (Å²) in [6.45, 7) is 3.90. The van der Waals surface area contributed by atoms with E-state index in [1.54, 1.807) is 12.4 Å². The number of hydrogen-bond acceptors (Lipinski definition) is 4. The number of imidazole rings is 1. The van der Waals surface area contributed by atoms with Crippen molar-refractivity contribution in [1.29, 1.82) is 0 Å². The van der Waals surface area contributed by atoms with Crippen LogP contribution in [-0.4, -0.2) is 41.7 Å². The summed E-state index contributed by atoms with van der Waals surface area (Å²) in [7, 11) is 0. The lowest BCUT2D eigenvalue weighted by Crippen LogP contribution is -2.41. The Morgan fingerprint density at radius 1 is 1.69 bits per heavy atom. The molecule has 1 aliphatic rings. The summed E-state index contributed by atoms with van der Waals surface area (Å²) in [5, 5.41) is 5.97. The molecule has 2 unspecified atom stereocenters. The predicted octanol–water partition coefficient (Wildman–Crippen LogP) is -0.0273. The highest BCUT2D eigenvalue weighted by atomic mass is 16.5. The van der Waals surface area contributed by atoms with Crippen molar-refractivity contribution in [1.82, 2.24) is 15.3 Å². The van der Waals surface area contributed by atoms with Gasteiger partial charge >= 0.3 is 0 Å². The molecule has 0 saturated carbocycles. The minimum Gasteiger partial charge on any atom is -0.379 e. The number of amides is 1. The summed E-state index contributed by atoms with van der Waals surface area (Å²) in [6.07, 6.45) is 3.27. The van der Waals surface area contributed by atoms with E-state index in [9.17, 15) is 4.79 Å². The Morgan fingerprint density at radius 3 is 3.25 bits per heavy atom. The highest BCUT2D eigenvalue weighted by Gasteiger charge is 2.33.